The molecule has 2 atom stereocenters. The summed E-state index contributed by atoms with van der Waals surface area (Å²) in [7, 11) is 0. The number of aliphatic hydroxyl groups is 1. The van der Waals surface area contributed by atoms with Crippen LogP contribution in [-0.4, -0.2) is 32.4 Å². The van der Waals surface area contributed by atoms with Crippen molar-refractivity contribution in [1.82, 2.24) is 14.7 Å². The minimum Gasteiger partial charge on any atom is -0.388 e. The van der Waals surface area contributed by atoms with Crippen LogP contribution in [0, 0.1) is 13.8 Å². The normalized spacial score (nSPS) is 19.4. The number of aromatic nitrogens is 2. The summed E-state index contributed by atoms with van der Waals surface area (Å²) in [5.41, 5.74) is 4.85. The van der Waals surface area contributed by atoms with Gasteiger partial charge in [-0.1, -0.05) is 37.3 Å². The molecular formula is C21H31N3O. The van der Waals surface area contributed by atoms with E-state index in [9.17, 15) is 5.11 Å². The summed E-state index contributed by atoms with van der Waals surface area (Å²) < 4.78 is 2.15. The first-order valence-corrected chi connectivity index (χ1v) is 9.60. The summed E-state index contributed by atoms with van der Waals surface area (Å²) in [5, 5.41) is 15.3. The maximum absolute atomic E-state index is 10.6. The van der Waals surface area contributed by atoms with Crippen LogP contribution in [0.3, 0.4) is 0 Å². The van der Waals surface area contributed by atoms with Gasteiger partial charge in [0.1, 0.15) is 0 Å². The van der Waals surface area contributed by atoms with Crippen LogP contribution in [0.15, 0.2) is 30.3 Å². The first kappa shape index (κ1) is 18.2. The van der Waals surface area contributed by atoms with Crippen LogP contribution in [0.25, 0.3) is 0 Å². The van der Waals surface area contributed by atoms with Crippen molar-refractivity contribution in [3.63, 3.8) is 0 Å². The van der Waals surface area contributed by atoms with E-state index in [1.54, 1.807) is 0 Å². The highest BCUT2D eigenvalue weighted by molar-refractivity contribution is 5.25. The highest BCUT2D eigenvalue weighted by Gasteiger charge is 2.28. The zero-order valence-electron chi connectivity index (χ0n) is 15.8. The van der Waals surface area contributed by atoms with Crippen LogP contribution in [0.1, 0.15) is 61.2 Å². The van der Waals surface area contributed by atoms with Crippen molar-refractivity contribution in [2.75, 3.05) is 6.54 Å². The second-order valence-corrected chi connectivity index (χ2v) is 7.30. The van der Waals surface area contributed by atoms with Crippen LogP contribution in [-0.2, 0) is 13.1 Å². The summed E-state index contributed by atoms with van der Waals surface area (Å²) in [6.45, 7) is 9.56. The van der Waals surface area contributed by atoms with Gasteiger partial charge in [0.25, 0.3) is 0 Å². The lowest BCUT2D eigenvalue weighted by molar-refractivity contribution is 0.118. The fraction of sp³-hybridized carbons (Fsp3) is 0.571. The fourth-order valence-corrected chi connectivity index (χ4v) is 4.03. The maximum Gasteiger partial charge on any atom is 0.0805 e. The van der Waals surface area contributed by atoms with Crippen molar-refractivity contribution in [3.05, 3.63) is 52.8 Å². The standard InChI is InChI=1S/C21H31N3O/c1-4-12-24-17(3)20(16(2)22-24)15-23-13-8-11-19(23)14-21(25)18-9-6-5-7-10-18/h5-7,9-10,19,21,25H,4,8,11-15H2,1-3H3. The summed E-state index contributed by atoms with van der Waals surface area (Å²) in [4.78, 5) is 2.54. The predicted octanol–water partition coefficient (Wildman–Crippen LogP) is 4.00. The lowest BCUT2D eigenvalue weighted by Crippen LogP contribution is -2.30. The van der Waals surface area contributed by atoms with Gasteiger partial charge in [-0.2, -0.15) is 5.10 Å². The number of aliphatic hydroxyl groups excluding tert-OH is 1. The van der Waals surface area contributed by atoms with Gasteiger partial charge >= 0.3 is 0 Å². The molecule has 1 aromatic heterocycles. The van der Waals surface area contributed by atoms with Gasteiger partial charge in [-0.05, 0) is 51.6 Å². The third-order valence-corrected chi connectivity index (χ3v) is 5.51. The van der Waals surface area contributed by atoms with Crippen molar-refractivity contribution >= 4 is 0 Å². The molecular weight excluding hydrogens is 310 g/mol. The molecule has 2 aromatic rings. The van der Waals surface area contributed by atoms with Gasteiger partial charge in [-0.15, -0.1) is 0 Å². The predicted molar refractivity (Wildman–Crippen MR) is 101 cm³/mol. The summed E-state index contributed by atoms with van der Waals surface area (Å²) in [6, 6.07) is 10.5. The molecule has 4 heteroatoms. The molecule has 0 spiro atoms. The van der Waals surface area contributed by atoms with E-state index in [1.807, 2.05) is 30.3 Å². The van der Waals surface area contributed by atoms with Gasteiger partial charge in [0.15, 0.2) is 0 Å². The Morgan fingerprint density at radius 1 is 1.24 bits per heavy atom. The molecule has 1 saturated heterocycles. The van der Waals surface area contributed by atoms with Gasteiger partial charge in [-0.25, -0.2) is 0 Å². The average Bonchev–Trinajstić information content (AvgIpc) is 3.16. The molecule has 1 aliphatic heterocycles. The third kappa shape index (κ3) is 4.13. The van der Waals surface area contributed by atoms with Gasteiger partial charge in [0, 0.05) is 30.4 Å². The van der Waals surface area contributed by atoms with Crippen molar-refractivity contribution in [3.8, 4) is 0 Å². The Balaban J connectivity index is 1.68. The molecule has 0 amide bonds. The average molecular weight is 341 g/mol. The van der Waals surface area contributed by atoms with Crippen LogP contribution >= 0.6 is 0 Å². The lowest BCUT2D eigenvalue weighted by Gasteiger charge is -2.26. The molecule has 1 aromatic carbocycles. The van der Waals surface area contributed by atoms with Crippen LogP contribution < -0.4 is 0 Å². The second kappa shape index (κ2) is 8.15. The number of rotatable bonds is 7. The first-order chi connectivity index (χ1) is 12.1. The largest absolute Gasteiger partial charge is 0.388 e. The van der Waals surface area contributed by atoms with E-state index in [0.717, 1.165) is 43.7 Å². The van der Waals surface area contributed by atoms with Gasteiger partial charge in [0.05, 0.1) is 11.8 Å². The number of likely N-dealkylation sites (tertiary alicyclic amines) is 1. The minimum atomic E-state index is -0.378. The van der Waals surface area contributed by atoms with Crippen LogP contribution in [0.2, 0.25) is 0 Å². The van der Waals surface area contributed by atoms with Gasteiger partial charge in [0.2, 0.25) is 0 Å². The van der Waals surface area contributed by atoms with E-state index < -0.39 is 0 Å². The van der Waals surface area contributed by atoms with Gasteiger partial charge in [-0.3, -0.25) is 9.58 Å². The molecule has 1 N–H and O–H groups in total. The molecule has 0 saturated carbocycles. The molecule has 0 radical (unpaired) electrons. The first-order valence-electron chi connectivity index (χ1n) is 9.60. The number of hydrogen-bond donors (Lipinski definition) is 1. The zero-order valence-corrected chi connectivity index (χ0v) is 15.8. The van der Waals surface area contributed by atoms with Crippen LogP contribution in [0.4, 0.5) is 0 Å². The Morgan fingerprint density at radius 3 is 2.72 bits per heavy atom. The molecule has 3 rings (SSSR count). The van der Waals surface area contributed by atoms with E-state index in [4.69, 9.17) is 5.10 Å². The second-order valence-electron chi connectivity index (χ2n) is 7.30. The lowest BCUT2D eigenvalue weighted by atomic mass is 10.00. The molecule has 0 aliphatic carbocycles. The smallest absolute Gasteiger partial charge is 0.0805 e. The molecule has 2 unspecified atom stereocenters. The highest BCUT2D eigenvalue weighted by atomic mass is 16.3. The van der Waals surface area contributed by atoms with E-state index >= 15 is 0 Å². The number of nitrogens with zero attached hydrogens (tertiary/aromatic N) is 3. The van der Waals surface area contributed by atoms with E-state index in [-0.39, 0.29) is 6.10 Å². The van der Waals surface area contributed by atoms with Crippen molar-refractivity contribution < 1.29 is 5.11 Å². The Morgan fingerprint density at radius 2 is 2.00 bits per heavy atom. The minimum absolute atomic E-state index is 0.378. The molecule has 136 valence electrons. The van der Waals surface area contributed by atoms with E-state index in [2.05, 4.69) is 30.4 Å². The summed E-state index contributed by atoms with van der Waals surface area (Å²) >= 11 is 0. The summed E-state index contributed by atoms with van der Waals surface area (Å²) in [5.74, 6) is 0. The molecule has 4 nitrogen and oxygen atoms in total. The Kier molecular flexibility index (Phi) is 5.92. The van der Waals surface area contributed by atoms with Crippen molar-refractivity contribution in [2.24, 2.45) is 0 Å². The summed E-state index contributed by atoms with van der Waals surface area (Å²) in [6.07, 6.45) is 3.93. The highest BCUT2D eigenvalue weighted by Crippen LogP contribution is 2.29. The van der Waals surface area contributed by atoms with Crippen molar-refractivity contribution in [2.45, 2.75) is 71.7 Å². The van der Waals surface area contributed by atoms with Gasteiger partial charge < -0.3 is 5.11 Å². The molecule has 0 bridgehead atoms. The monoisotopic (exact) mass is 341 g/mol. The van der Waals surface area contributed by atoms with Crippen LogP contribution in [0.5, 0.6) is 0 Å². The molecule has 1 aliphatic rings. The Labute approximate surface area is 151 Å². The SMILES string of the molecule is CCCn1nc(C)c(CN2CCCC2CC(O)c2ccccc2)c1C. The third-order valence-electron chi connectivity index (χ3n) is 5.51. The topological polar surface area (TPSA) is 41.3 Å². The molecule has 1 fully saturated rings. The van der Waals surface area contributed by atoms with E-state index in [0.29, 0.717) is 6.04 Å². The molecule has 2 heterocycles. The Hall–Kier alpha value is -1.65. The van der Waals surface area contributed by atoms with E-state index in [1.165, 1.54) is 24.1 Å². The maximum atomic E-state index is 10.6. The molecule has 25 heavy (non-hydrogen) atoms. The van der Waals surface area contributed by atoms with Crippen molar-refractivity contribution in [1.29, 1.82) is 0 Å². The zero-order chi connectivity index (χ0) is 17.8. The fourth-order valence-electron chi connectivity index (χ4n) is 4.03. The quantitative estimate of drug-likeness (QED) is 0.827. The number of benzene rings is 1. The number of hydrogen-bond acceptors (Lipinski definition) is 3. The number of aryl methyl sites for hydroxylation is 2. The Bertz CT molecular complexity index is 680.